The third-order valence-corrected chi connectivity index (χ3v) is 1.94. The van der Waals surface area contributed by atoms with Gasteiger partial charge in [-0.2, -0.15) is 5.10 Å². The summed E-state index contributed by atoms with van der Waals surface area (Å²) in [7, 11) is 0. The van der Waals surface area contributed by atoms with E-state index in [4.69, 9.17) is 0 Å². The Bertz CT molecular complexity index is 418. The van der Waals surface area contributed by atoms with Gasteiger partial charge in [0.2, 0.25) is 0 Å². The molecule has 0 unspecified atom stereocenters. The summed E-state index contributed by atoms with van der Waals surface area (Å²) in [6, 6.07) is 3.92. The van der Waals surface area contributed by atoms with Gasteiger partial charge >= 0.3 is 0 Å². The third kappa shape index (κ3) is 1.45. The van der Waals surface area contributed by atoms with Crippen LogP contribution in [0, 0.1) is 13.8 Å². The summed E-state index contributed by atoms with van der Waals surface area (Å²) in [5.74, 6) is 0. The van der Waals surface area contributed by atoms with Gasteiger partial charge in [-0.25, -0.2) is 4.68 Å². The number of rotatable bonds is 1. The zero-order chi connectivity index (χ0) is 9.26. The van der Waals surface area contributed by atoms with E-state index in [-0.39, 0.29) is 0 Å². The predicted molar refractivity (Wildman–Crippen MR) is 50.8 cm³/mol. The van der Waals surface area contributed by atoms with Crippen molar-refractivity contribution in [2.45, 2.75) is 13.8 Å². The van der Waals surface area contributed by atoms with E-state index < -0.39 is 0 Å². The monoisotopic (exact) mass is 173 g/mol. The molecule has 0 bridgehead atoms. The topological polar surface area (TPSA) is 30.7 Å². The molecule has 0 saturated heterocycles. The van der Waals surface area contributed by atoms with Gasteiger partial charge in [-0.3, -0.25) is 4.98 Å². The first-order chi connectivity index (χ1) is 6.27. The van der Waals surface area contributed by atoms with Crippen LogP contribution < -0.4 is 0 Å². The summed E-state index contributed by atoms with van der Waals surface area (Å²) < 4.78 is 1.84. The standard InChI is InChI=1S/C10H11N3/c1-8-6-12-13(7-8)10-4-3-5-11-9(10)2/h3-7H,1-2H3. The summed E-state index contributed by atoms with van der Waals surface area (Å²) in [5.41, 5.74) is 3.18. The molecule has 2 aromatic heterocycles. The quantitative estimate of drug-likeness (QED) is 0.659. The van der Waals surface area contributed by atoms with Crippen molar-refractivity contribution in [3.05, 3.63) is 42.0 Å². The fourth-order valence-corrected chi connectivity index (χ4v) is 1.26. The molecule has 0 aliphatic rings. The van der Waals surface area contributed by atoms with Crippen molar-refractivity contribution < 1.29 is 0 Å². The number of nitrogens with zero attached hydrogens (tertiary/aromatic N) is 3. The lowest BCUT2D eigenvalue weighted by atomic mass is 10.3. The van der Waals surface area contributed by atoms with Crippen LogP contribution in [0.15, 0.2) is 30.7 Å². The molecule has 3 heteroatoms. The van der Waals surface area contributed by atoms with Gasteiger partial charge in [0, 0.05) is 12.4 Å². The van der Waals surface area contributed by atoms with Crippen molar-refractivity contribution >= 4 is 0 Å². The van der Waals surface area contributed by atoms with Gasteiger partial charge in [0.25, 0.3) is 0 Å². The first-order valence-electron chi connectivity index (χ1n) is 4.20. The fraction of sp³-hybridized carbons (Fsp3) is 0.200. The molecule has 66 valence electrons. The molecule has 0 atom stereocenters. The predicted octanol–water partition coefficient (Wildman–Crippen LogP) is 1.88. The van der Waals surface area contributed by atoms with E-state index in [0.29, 0.717) is 0 Å². The molecule has 0 saturated carbocycles. The highest BCUT2D eigenvalue weighted by molar-refractivity contribution is 5.34. The van der Waals surface area contributed by atoms with Crippen LogP contribution in [-0.4, -0.2) is 14.8 Å². The molecule has 0 fully saturated rings. The van der Waals surface area contributed by atoms with Gasteiger partial charge in [0.15, 0.2) is 0 Å². The molecule has 0 aliphatic heterocycles. The summed E-state index contributed by atoms with van der Waals surface area (Å²) in [6.45, 7) is 4.00. The molecule has 0 aliphatic carbocycles. The van der Waals surface area contributed by atoms with Crippen molar-refractivity contribution in [1.29, 1.82) is 0 Å². The van der Waals surface area contributed by atoms with Gasteiger partial charge in [-0.05, 0) is 31.5 Å². The second-order valence-electron chi connectivity index (χ2n) is 3.07. The maximum absolute atomic E-state index is 4.22. The minimum Gasteiger partial charge on any atom is -0.259 e. The molecule has 0 radical (unpaired) electrons. The first-order valence-corrected chi connectivity index (χ1v) is 4.20. The van der Waals surface area contributed by atoms with Crippen LogP contribution in [0.4, 0.5) is 0 Å². The molecule has 3 nitrogen and oxygen atoms in total. The number of pyridine rings is 1. The van der Waals surface area contributed by atoms with E-state index >= 15 is 0 Å². The molecule has 2 rings (SSSR count). The van der Waals surface area contributed by atoms with E-state index in [2.05, 4.69) is 10.1 Å². The van der Waals surface area contributed by atoms with Gasteiger partial charge in [-0.15, -0.1) is 0 Å². The lowest BCUT2D eigenvalue weighted by Gasteiger charge is -2.02. The van der Waals surface area contributed by atoms with Gasteiger partial charge < -0.3 is 0 Å². The average molecular weight is 173 g/mol. The number of hydrogen-bond acceptors (Lipinski definition) is 2. The van der Waals surface area contributed by atoms with E-state index in [1.54, 1.807) is 6.20 Å². The van der Waals surface area contributed by atoms with Crippen molar-refractivity contribution in [3.63, 3.8) is 0 Å². The summed E-state index contributed by atoms with van der Waals surface area (Å²) in [6.07, 6.45) is 5.62. The van der Waals surface area contributed by atoms with E-state index in [1.807, 2.05) is 43.1 Å². The van der Waals surface area contributed by atoms with Gasteiger partial charge in [0.1, 0.15) is 0 Å². The third-order valence-electron chi connectivity index (χ3n) is 1.94. The highest BCUT2D eigenvalue weighted by Gasteiger charge is 2.00. The van der Waals surface area contributed by atoms with Crippen molar-refractivity contribution in [3.8, 4) is 5.69 Å². The lowest BCUT2D eigenvalue weighted by Crippen LogP contribution is -1.98. The van der Waals surface area contributed by atoms with E-state index in [9.17, 15) is 0 Å². The van der Waals surface area contributed by atoms with Gasteiger partial charge in [0.05, 0.1) is 17.6 Å². The zero-order valence-corrected chi connectivity index (χ0v) is 7.73. The zero-order valence-electron chi connectivity index (χ0n) is 7.73. The first kappa shape index (κ1) is 7.98. The Morgan fingerprint density at radius 1 is 1.31 bits per heavy atom. The highest BCUT2D eigenvalue weighted by atomic mass is 15.3. The van der Waals surface area contributed by atoms with Crippen LogP contribution in [0.5, 0.6) is 0 Å². The van der Waals surface area contributed by atoms with Crippen LogP contribution >= 0.6 is 0 Å². The number of aromatic nitrogens is 3. The Labute approximate surface area is 77.0 Å². The molecule has 2 heterocycles. The Hall–Kier alpha value is -1.64. The van der Waals surface area contributed by atoms with Crippen molar-refractivity contribution in [2.24, 2.45) is 0 Å². The Balaban J connectivity index is 2.52. The normalized spacial score (nSPS) is 10.3. The second-order valence-corrected chi connectivity index (χ2v) is 3.07. The Morgan fingerprint density at radius 3 is 2.77 bits per heavy atom. The minimum absolute atomic E-state index is 0.991. The number of aryl methyl sites for hydroxylation is 2. The molecule has 0 aromatic carbocycles. The minimum atomic E-state index is 0.991. The molecule has 0 spiro atoms. The molecule has 2 aromatic rings. The molecular formula is C10H11N3. The van der Waals surface area contributed by atoms with Crippen molar-refractivity contribution in [2.75, 3.05) is 0 Å². The van der Waals surface area contributed by atoms with Crippen LogP contribution in [0.1, 0.15) is 11.3 Å². The molecule has 13 heavy (non-hydrogen) atoms. The summed E-state index contributed by atoms with van der Waals surface area (Å²) in [5, 5.41) is 4.22. The SMILES string of the molecule is Cc1cnn(-c2cccnc2C)c1. The van der Waals surface area contributed by atoms with Crippen LogP contribution in [0.2, 0.25) is 0 Å². The van der Waals surface area contributed by atoms with Crippen molar-refractivity contribution in [1.82, 2.24) is 14.8 Å². The molecular weight excluding hydrogens is 162 g/mol. The highest BCUT2D eigenvalue weighted by Crippen LogP contribution is 2.09. The average Bonchev–Trinajstić information content (AvgIpc) is 2.53. The summed E-state index contributed by atoms with van der Waals surface area (Å²) in [4.78, 5) is 4.20. The fourth-order valence-electron chi connectivity index (χ4n) is 1.26. The Kier molecular flexibility index (Phi) is 1.85. The van der Waals surface area contributed by atoms with E-state index in [0.717, 1.165) is 16.9 Å². The Morgan fingerprint density at radius 2 is 2.15 bits per heavy atom. The smallest absolute Gasteiger partial charge is 0.0858 e. The van der Waals surface area contributed by atoms with Gasteiger partial charge in [-0.1, -0.05) is 0 Å². The molecule has 0 N–H and O–H groups in total. The van der Waals surface area contributed by atoms with Crippen LogP contribution in [0.3, 0.4) is 0 Å². The second kappa shape index (κ2) is 3.01. The lowest BCUT2D eigenvalue weighted by molar-refractivity contribution is 0.861. The maximum Gasteiger partial charge on any atom is 0.0858 e. The summed E-state index contributed by atoms with van der Waals surface area (Å²) >= 11 is 0. The molecule has 0 amide bonds. The van der Waals surface area contributed by atoms with Crippen LogP contribution in [-0.2, 0) is 0 Å². The largest absolute Gasteiger partial charge is 0.259 e. The van der Waals surface area contributed by atoms with Crippen LogP contribution in [0.25, 0.3) is 5.69 Å². The van der Waals surface area contributed by atoms with E-state index in [1.165, 1.54) is 0 Å². The number of hydrogen-bond donors (Lipinski definition) is 0. The maximum atomic E-state index is 4.22.